The number of nitrogens with zero attached hydrogens (tertiary/aromatic N) is 4. The Morgan fingerprint density at radius 2 is 2.11 bits per heavy atom. The molecule has 0 aliphatic carbocycles. The summed E-state index contributed by atoms with van der Waals surface area (Å²) in [6.07, 6.45) is 7.77. The van der Waals surface area contributed by atoms with Gasteiger partial charge in [0.15, 0.2) is 5.82 Å². The number of aromatic nitrogens is 4. The zero-order valence-corrected chi connectivity index (χ0v) is 19.8. The van der Waals surface area contributed by atoms with E-state index in [4.69, 9.17) is 11.2 Å². The molecule has 4 aromatic rings. The molecule has 0 unspecified atom stereocenters. The van der Waals surface area contributed by atoms with E-state index in [0.717, 1.165) is 24.9 Å². The second kappa shape index (κ2) is 11.7. The highest BCUT2D eigenvalue weighted by Crippen LogP contribution is 2.26. The van der Waals surface area contributed by atoms with Crippen LogP contribution in [-0.2, 0) is 11.2 Å². The summed E-state index contributed by atoms with van der Waals surface area (Å²) in [4.78, 5) is 22.8. The Morgan fingerprint density at radius 3 is 2.92 bits per heavy atom. The number of anilines is 3. The lowest BCUT2D eigenvalue weighted by Crippen LogP contribution is -2.20. The van der Waals surface area contributed by atoms with Gasteiger partial charge in [-0.2, -0.15) is 5.10 Å². The molecule has 184 valence electrons. The molecule has 36 heavy (non-hydrogen) atoms. The molecule has 10 heteroatoms. The van der Waals surface area contributed by atoms with Crippen molar-refractivity contribution in [3.8, 4) is 18.2 Å². The number of carbonyl (C=O) groups is 1. The smallest absolute Gasteiger partial charge is 0.230 e. The molecule has 0 aliphatic rings. The lowest BCUT2D eigenvalue weighted by atomic mass is 10.2. The number of H-pyrrole nitrogens is 1. The number of benzene rings is 2. The molecule has 0 atom stereocenters. The molecule has 0 spiro atoms. The van der Waals surface area contributed by atoms with Crippen LogP contribution in [-0.4, -0.2) is 50.7 Å². The number of nitrogens with one attached hydrogen (secondary N) is 3. The third-order valence-electron chi connectivity index (χ3n) is 5.35. The SMILES string of the molecule is C#CN(CC)CCCOc1ccc2c(Nc3cc(CC(=O)Nc4cccc(F)c4)[nH]n3)ncnc2c1. The van der Waals surface area contributed by atoms with E-state index in [2.05, 4.69) is 36.8 Å². The maximum absolute atomic E-state index is 13.3. The van der Waals surface area contributed by atoms with Crippen LogP contribution in [0.2, 0.25) is 0 Å². The van der Waals surface area contributed by atoms with Crippen molar-refractivity contribution >= 4 is 34.1 Å². The number of fused-ring (bicyclic) bond motifs is 1. The average Bonchev–Trinajstić information content (AvgIpc) is 3.30. The number of hydrogen-bond donors (Lipinski definition) is 3. The molecule has 0 radical (unpaired) electrons. The maximum atomic E-state index is 13.3. The van der Waals surface area contributed by atoms with Crippen LogP contribution >= 0.6 is 0 Å². The molecule has 1 amide bonds. The van der Waals surface area contributed by atoms with Gasteiger partial charge >= 0.3 is 0 Å². The van der Waals surface area contributed by atoms with Crippen LogP contribution in [0.5, 0.6) is 5.75 Å². The monoisotopic (exact) mass is 487 g/mol. The zero-order chi connectivity index (χ0) is 25.3. The lowest BCUT2D eigenvalue weighted by Gasteiger charge is -2.15. The van der Waals surface area contributed by atoms with Crippen LogP contribution in [0.25, 0.3) is 10.9 Å². The Kier molecular flexibility index (Phi) is 7.93. The Bertz CT molecular complexity index is 1380. The zero-order valence-electron chi connectivity index (χ0n) is 19.8. The van der Waals surface area contributed by atoms with Gasteiger partial charge in [0.1, 0.15) is 23.7 Å². The maximum Gasteiger partial charge on any atom is 0.230 e. The summed E-state index contributed by atoms with van der Waals surface area (Å²) in [7, 11) is 0. The summed E-state index contributed by atoms with van der Waals surface area (Å²) in [5, 5.41) is 13.6. The van der Waals surface area contributed by atoms with Gasteiger partial charge in [0, 0.05) is 48.0 Å². The van der Waals surface area contributed by atoms with Crippen molar-refractivity contribution in [1.82, 2.24) is 25.1 Å². The highest BCUT2D eigenvalue weighted by atomic mass is 19.1. The summed E-state index contributed by atoms with van der Waals surface area (Å²) < 4.78 is 19.2. The number of halogens is 1. The van der Waals surface area contributed by atoms with Crippen molar-refractivity contribution in [2.75, 3.05) is 30.3 Å². The number of amides is 1. The highest BCUT2D eigenvalue weighted by molar-refractivity contribution is 5.93. The molecule has 0 aliphatic heterocycles. The molecule has 2 heterocycles. The first-order chi connectivity index (χ1) is 17.5. The second-order valence-corrected chi connectivity index (χ2v) is 7.95. The molecular formula is C26H26FN7O2. The second-order valence-electron chi connectivity index (χ2n) is 7.95. The molecule has 2 aromatic carbocycles. The van der Waals surface area contributed by atoms with Gasteiger partial charge in [0.2, 0.25) is 5.91 Å². The Hall–Kier alpha value is -4.65. The van der Waals surface area contributed by atoms with Crippen LogP contribution in [0.3, 0.4) is 0 Å². The van der Waals surface area contributed by atoms with Crippen LogP contribution in [0, 0.1) is 18.3 Å². The third-order valence-corrected chi connectivity index (χ3v) is 5.35. The van der Waals surface area contributed by atoms with Gasteiger partial charge in [-0.3, -0.25) is 9.89 Å². The first kappa shape index (κ1) is 24.5. The molecule has 4 rings (SSSR count). The van der Waals surface area contributed by atoms with E-state index < -0.39 is 5.82 Å². The lowest BCUT2D eigenvalue weighted by molar-refractivity contribution is -0.115. The van der Waals surface area contributed by atoms with Crippen molar-refractivity contribution in [3.05, 3.63) is 66.4 Å². The fourth-order valence-corrected chi connectivity index (χ4v) is 3.57. The first-order valence-electron chi connectivity index (χ1n) is 11.5. The standard InChI is InChI=1S/C26H26FN7O2/c1-3-34(4-2)11-6-12-36-21-9-10-22-23(16-21)28-17-29-26(22)31-24-14-20(32-33-24)15-25(35)30-19-8-5-7-18(27)13-19/h1,5,7-10,13-14,16-17H,4,6,11-12,15H2,2H3,(H,30,35)(H2,28,29,31,32,33). The van der Waals surface area contributed by atoms with Crippen LogP contribution < -0.4 is 15.4 Å². The quantitative estimate of drug-likeness (QED) is 0.166. The summed E-state index contributed by atoms with van der Waals surface area (Å²) in [5.74, 6) is 1.07. The van der Waals surface area contributed by atoms with Crippen molar-refractivity contribution in [2.45, 2.75) is 19.8 Å². The minimum absolute atomic E-state index is 0.0494. The number of aromatic amines is 1. The van der Waals surface area contributed by atoms with Gasteiger partial charge in [0.05, 0.1) is 18.5 Å². The predicted molar refractivity (Wildman–Crippen MR) is 136 cm³/mol. The molecule has 0 saturated carbocycles. The molecule has 2 aromatic heterocycles. The van der Waals surface area contributed by atoms with Gasteiger partial charge in [-0.15, -0.1) is 0 Å². The fourth-order valence-electron chi connectivity index (χ4n) is 3.57. The largest absolute Gasteiger partial charge is 0.493 e. The summed E-state index contributed by atoms with van der Waals surface area (Å²) in [5.41, 5.74) is 1.70. The van der Waals surface area contributed by atoms with Crippen LogP contribution in [0.4, 0.5) is 21.7 Å². The van der Waals surface area contributed by atoms with Gasteiger partial charge in [-0.05, 0) is 43.7 Å². The van der Waals surface area contributed by atoms with E-state index in [1.807, 2.05) is 30.0 Å². The molecule has 3 N–H and O–H groups in total. The number of ether oxygens (including phenoxy) is 1. The minimum atomic E-state index is -0.417. The van der Waals surface area contributed by atoms with E-state index in [9.17, 15) is 9.18 Å². The minimum Gasteiger partial charge on any atom is -0.493 e. The van der Waals surface area contributed by atoms with Crippen molar-refractivity contribution < 1.29 is 13.9 Å². The van der Waals surface area contributed by atoms with Crippen LogP contribution in [0.15, 0.2) is 54.9 Å². The van der Waals surface area contributed by atoms with Gasteiger partial charge in [-0.25, -0.2) is 14.4 Å². The Balaban J connectivity index is 1.36. The van der Waals surface area contributed by atoms with Crippen LogP contribution in [0.1, 0.15) is 19.0 Å². The van der Waals surface area contributed by atoms with E-state index in [1.54, 1.807) is 12.1 Å². The fraction of sp³-hybridized carbons (Fsp3) is 0.231. The van der Waals surface area contributed by atoms with E-state index in [1.165, 1.54) is 24.5 Å². The summed E-state index contributed by atoms with van der Waals surface area (Å²) >= 11 is 0. The van der Waals surface area contributed by atoms with Gasteiger partial charge in [-0.1, -0.05) is 12.5 Å². The Morgan fingerprint density at radius 1 is 1.22 bits per heavy atom. The summed E-state index contributed by atoms with van der Waals surface area (Å²) in [6.45, 7) is 4.14. The number of hydrogen-bond acceptors (Lipinski definition) is 7. The van der Waals surface area contributed by atoms with E-state index in [0.29, 0.717) is 40.9 Å². The molecule has 0 bridgehead atoms. The molecular weight excluding hydrogens is 461 g/mol. The number of terminal acetylenes is 1. The molecule has 0 saturated heterocycles. The Labute approximate surface area is 208 Å². The third kappa shape index (κ3) is 6.48. The first-order valence-corrected chi connectivity index (χ1v) is 11.5. The number of carbonyl (C=O) groups excluding carboxylic acids is 1. The van der Waals surface area contributed by atoms with Gasteiger partial charge < -0.3 is 20.3 Å². The topological polar surface area (TPSA) is 108 Å². The van der Waals surface area contributed by atoms with Gasteiger partial charge in [0.25, 0.3) is 0 Å². The van der Waals surface area contributed by atoms with Crippen molar-refractivity contribution in [2.24, 2.45) is 0 Å². The van der Waals surface area contributed by atoms with Crippen molar-refractivity contribution in [1.29, 1.82) is 0 Å². The van der Waals surface area contributed by atoms with E-state index in [-0.39, 0.29) is 12.3 Å². The summed E-state index contributed by atoms with van der Waals surface area (Å²) in [6, 6.07) is 15.7. The van der Waals surface area contributed by atoms with Crippen molar-refractivity contribution in [3.63, 3.8) is 0 Å². The predicted octanol–water partition coefficient (Wildman–Crippen LogP) is 4.10. The molecule has 9 nitrogen and oxygen atoms in total. The average molecular weight is 488 g/mol. The number of rotatable bonds is 11. The molecule has 0 fully saturated rings. The normalized spacial score (nSPS) is 10.6. The van der Waals surface area contributed by atoms with E-state index >= 15 is 0 Å². The highest BCUT2D eigenvalue weighted by Gasteiger charge is 2.11.